The minimum atomic E-state index is 0.878. The Hall–Kier alpha value is -7.42. The van der Waals surface area contributed by atoms with Crippen LogP contribution in [-0.2, 0) is 0 Å². The molecular formula is C54H35NO. The molecular weight excluding hydrogens is 679 g/mol. The Bertz CT molecular complexity index is 3240. The van der Waals surface area contributed by atoms with Crippen molar-refractivity contribution in [3.63, 3.8) is 0 Å². The van der Waals surface area contributed by atoms with Crippen LogP contribution >= 0.6 is 0 Å². The highest BCUT2D eigenvalue weighted by Crippen LogP contribution is 2.49. The van der Waals surface area contributed by atoms with Crippen LogP contribution in [0.1, 0.15) is 0 Å². The second kappa shape index (κ2) is 13.2. The lowest BCUT2D eigenvalue weighted by Gasteiger charge is -2.30. The lowest BCUT2D eigenvalue weighted by Crippen LogP contribution is -2.12. The minimum Gasteiger partial charge on any atom is -0.455 e. The highest BCUT2D eigenvalue weighted by atomic mass is 16.3. The summed E-state index contributed by atoms with van der Waals surface area (Å²) in [5.74, 6) is 0. The summed E-state index contributed by atoms with van der Waals surface area (Å²) in [5, 5.41) is 9.22. The van der Waals surface area contributed by atoms with Crippen molar-refractivity contribution in [3.05, 3.63) is 212 Å². The smallest absolute Gasteiger partial charge is 0.143 e. The molecule has 0 bridgehead atoms. The molecule has 0 amide bonds. The van der Waals surface area contributed by atoms with Gasteiger partial charge in [0.1, 0.15) is 11.2 Å². The van der Waals surface area contributed by atoms with Crippen molar-refractivity contribution >= 4 is 71.3 Å². The molecule has 1 aromatic heterocycles. The minimum absolute atomic E-state index is 0.878. The van der Waals surface area contributed by atoms with E-state index < -0.39 is 0 Å². The Morgan fingerprint density at radius 3 is 1.66 bits per heavy atom. The average Bonchev–Trinajstić information content (AvgIpc) is 3.66. The van der Waals surface area contributed by atoms with E-state index in [1.54, 1.807) is 0 Å². The number of anilines is 3. The zero-order chi connectivity index (χ0) is 37.0. The maximum atomic E-state index is 6.88. The van der Waals surface area contributed by atoms with Gasteiger partial charge in [-0.25, -0.2) is 0 Å². The SMILES string of the molecule is c1ccc(-c2ccc(-c3ccccc3N(c3cccc4ccccc34)c3cc4c(oc5cccc(-c6cccc7ccccc67)c54)c4ccccc34)cc2)cc1. The van der Waals surface area contributed by atoms with Crippen molar-refractivity contribution in [2.75, 3.05) is 4.90 Å². The largest absolute Gasteiger partial charge is 0.455 e. The van der Waals surface area contributed by atoms with Crippen LogP contribution in [0.4, 0.5) is 17.1 Å². The van der Waals surface area contributed by atoms with Crippen LogP contribution in [0.3, 0.4) is 0 Å². The highest BCUT2D eigenvalue weighted by molar-refractivity contribution is 6.24. The molecule has 11 rings (SSSR count). The number of furan rings is 1. The van der Waals surface area contributed by atoms with Gasteiger partial charge in [0.15, 0.2) is 0 Å². The molecule has 0 N–H and O–H groups in total. The maximum absolute atomic E-state index is 6.88. The van der Waals surface area contributed by atoms with Crippen molar-refractivity contribution in [2.24, 2.45) is 0 Å². The second-order valence-electron chi connectivity index (χ2n) is 14.4. The highest BCUT2D eigenvalue weighted by Gasteiger charge is 2.24. The number of rotatable bonds is 6. The van der Waals surface area contributed by atoms with Gasteiger partial charge in [-0.05, 0) is 68.2 Å². The van der Waals surface area contributed by atoms with E-state index in [1.807, 2.05) is 0 Å². The first-order chi connectivity index (χ1) is 27.8. The number of nitrogens with zero attached hydrogens (tertiary/aromatic N) is 1. The third-order valence-electron chi connectivity index (χ3n) is 11.3. The van der Waals surface area contributed by atoms with E-state index in [1.165, 1.54) is 38.2 Å². The van der Waals surface area contributed by atoms with Crippen molar-refractivity contribution in [1.29, 1.82) is 0 Å². The van der Waals surface area contributed by atoms with Crippen LogP contribution < -0.4 is 4.90 Å². The molecule has 0 unspecified atom stereocenters. The monoisotopic (exact) mass is 713 g/mol. The molecule has 0 aliphatic heterocycles. The van der Waals surface area contributed by atoms with Crippen LogP contribution in [0.5, 0.6) is 0 Å². The van der Waals surface area contributed by atoms with E-state index in [0.717, 1.165) is 66.5 Å². The molecule has 2 heteroatoms. The van der Waals surface area contributed by atoms with Gasteiger partial charge in [-0.2, -0.15) is 0 Å². The first-order valence-corrected chi connectivity index (χ1v) is 19.2. The van der Waals surface area contributed by atoms with Crippen LogP contribution in [-0.4, -0.2) is 0 Å². The molecule has 10 aromatic carbocycles. The van der Waals surface area contributed by atoms with Gasteiger partial charge >= 0.3 is 0 Å². The molecule has 0 atom stereocenters. The summed E-state index contributed by atoms with van der Waals surface area (Å²) in [7, 11) is 0. The molecule has 56 heavy (non-hydrogen) atoms. The van der Waals surface area contributed by atoms with Gasteiger partial charge in [0.2, 0.25) is 0 Å². The predicted molar refractivity (Wildman–Crippen MR) is 237 cm³/mol. The van der Waals surface area contributed by atoms with Crippen molar-refractivity contribution in [1.82, 2.24) is 0 Å². The maximum Gasteiger partial charge on any atom is 0.143 e. The number of benzene rings is 10. The number of hydrogen-bond acceptors (Lipinski definition) is 2. The Morgan fingerprint density at radius 2 is 0.839 bits per heavy atom. The third-order valence-corrected chi connectivity index (χ3v) is 11.3. The Balaban J connectivity index is 1.21. The fourth-order valence-electron chi connectivity index (χ4n) is 8.68. The predicted octanol–water partition coefficient (Wildman–Crippen LogP) is 15.5. The van der Waals surface area contributed by atoms with E-state index in [-0.39, 0.29) is 0 Å². The first kappa shape index (κ1) is 32.0. The first-order valence-electron chi connectivity index (χ1n) is 19.2. The summed E-state index contributed by atoms with van der Waals surface area (Å²) >= 11 is 0. The Morgan fingerprint density at radius 1 is 0.304 bits per heavy atom. The molecule has 11 aromatic rings. The van der Waals surface area contributed by atoms with Crippen LogP contribution in [0, 0.1) is 0 Å². The molecule has 262 valence electrons. The number of fused-ring (bicyclic) bond motifs is 7. The summed E-state index contributed by atoms with van der Waals surface area (Å²) < 4.78 is 6.88. The van der Waals surface area contributed by atoms with E-state index >= 15 is 0 Å². The molecule has 2 nitrogen and oxygen atoms in total. The summed E-state index contributed by atoms with van der Waals surface area (Å²) in [5.41, 5.74) is 12.1. The molecule has 0 fully saturated rings. The zero-order valence-electron chi connectivity index (χ0n) is 30.6. The quantitative estimate of drug-likeness (QED) is 0.171. The summed E-state index contributed by atoms with van der Waals surface area (Å²) in [6.07, 6.45) is 0. The van der Waals surface area contributed by atoms with Crippen molar-refractivity contribution in [3.8, 4) is 33.4 Å². The van der Waals surface area contributed by atoms with Crippen LogP contribution in [0.25, 0.3) is 87.6 Å². The molecule has 1 heterocycles. The number of hydrogen-bond donors (Lipinski definition) is 0. The zero-order valence-corrected chi connectivity index (χ0v) is 30.6. The average molecular weight is 714 g/mol. The summed E-state index contributed by atoms with van der Waals surface area (Å²) in [6.45, 7) is 0. The lowest BCUT2D eigenvalue weighted by atomic mass is 9.93. The van der Waals surface area contributed by atoms with Gasteiger partial charge in [-0.15, -0.1) is 0 Å². The lowest BCUT2D eigenvalue weighted by molar-refractivity contribution is 0.673. The molecule has 0 spiro atoms. The molecule has 0 saturated carbocycles. The molecule has 0 aliphatic carbocycles. The molecule has 0 radical (unpaired) electrons. The van der Waals surface area contributed by atoms with E-state index in [4.69, 9.17) is 4.42 Å². The summed E-state index contributed by atoms with van der Waals surface area (Å²) in [4.78, 5) is 2.48. The standard InChI is InChI=1S/C54H35NO/c1-2-15-36(16-3-1)37-31-33-40(34-32-37)43-23-10-11-28-49(43)55(50-29-13-20-39-18-5-7-22-42(39)50)51-35-48-53-46(44-26-12-19-38-17-4-6-21-41(38)44)27-14-30-52(53)56-54(48)47-25-9-8-24-45(47)51/h1-35H. The van der Waals surface area contributed by atoms with E-state index in [2.05, 4.69) is 217 Å². The number of para-hydroxylation sites is 1. The Kier molecular flexibility index (Phi) is 7.53. The van der Waals surface area contributed by atoms with Gasteiger partial charge in [-0.1, -0.05) is 188 Å². The van der Waals surface area contributed by atoms with Gasteiger partial charge < -0.3 is 9.32 Å². The topological polar surface area (TPSA) is 16.4 Å². The second-order valence-corrected chi connectivity index (χ2v) is 14.4. The van der Waals surface area contributed by atoms with Crippen molar-refractivity contribution in [2.45, 2.75) is 0 Å². The van der Waals surface area contributed by atoms with Crippen LogP contribution in [0.15, 0.2) is 217 Å². The third kappa shape index (κ3) is 5.19. The summed E-state index contributed by atoms with van der Waals surface area (Å²) in [6, 6.07) is 76.4. The van der Waals surface area contributed by atoms with E-state index in [0.29, 0.717) is 0 Å². The fourth-order valence-corrected chi connectivity index (χ4v) is 8.68. The van der Waals surface area contributed by atoms with Gasteiger partial charge in [-0.3, -0.25) is 0 Å². The van der Waals surface area contributed by atoms with Crippen LogP contribution in [0.2, 0.25) is 0 Å². The van der Waals surface area contributed by atoms with E-state index in [9.17, 15) is 0 Å². The fraction of sp³-hybridized carbons (Fsp3) is 0. The Labute approximate surface area is 325 Å². The normalized spacial score (nSPS) is 11.6. The van der Waals surface area contributed by atoms with Gasteiger partial charge in [0, 0.05) is 32.5 Å². The molecule has 0 saturated heterocycles. The van der Waals surface area contributed by atoms with Gasteiger partial charge in [0.05, 0.1) is 17.1 Å². The molecule has 0 aliphatic rings. The van der Waals surface area contributed by atoms with Crippen molar-refractivity contribution < 1.29 is 4.42 Å². The van der Waals surface area contributed by atoms with Gasteiger partial charge in [0.25, 0.3) is 0 Å².